The molecule has 3 rings (SSSR count). The van der Waals surface area contributed by atoms with Gasteiger partial charge in [-0.25, -0.2) is 17.9 Å². The summed E-state index contributed by atoms with van der Waals surface area (Å²) in [4.78, 5) is 11.6. The maximum Gasteiger partial charge on any atom is 0.251 e. The van der Waals surface area contributed by atoms with Crippen molar-refractivity contribution in [3.8, 4) is 5.75 Å². The average molecular weight is 605 g/mol. The van der Waals surface area contributed by atoms with Gasteiger partial charge in [-0.05, 0) is 63.7 Å². The quantitative estimate of drug-likeness (QED) is 0.167. The van der Waals surface area contributed by atoms with Crippen LogP contribution in [0.1, 0.15) is 46.3 Å². The van der Waals surface area contributed by atoms with Gasteiger partial charge in [0.2, 0.25) is 6.93 Å². The first kappa shape index (κ1) is 39.1. The Morgan fingerprint density at radius 3 is 2.28 bits per heavy atom. The Kier molecular flexibility index (Phi) is 21.5. The second-order valence-electron chi connectivity index (χ2n) is 8.96. The Hall–Kier alpha value is -3.89. The van der Waals surface area contributed by atoms with E-state index >= 15 is 0 Å². The summed E-state index contributed by atoms with van der Waals surface area (Å²) in [6.07, 6.45) is 6.98. The highest BCUT2D eigenvalue weighted by Gasteiger charge is 2.23. The van der Waals surface area contributed by atoms with E-state index < -0.39 is 31.7 Å². The summed E-state index contributed by atoms with van der Waals surface area (Å²) < 4.78 is 44.8. The number of carbonyl (C=O) groups excluding carboxylic acids is 1. The topological polar surface area (TPSA) is 77.4 Å². The molecular weight excluding hydrogens is 557 g/mol. The third-order valence-electron chi connectivity index (χ3n) is 5.42. The van der Waals surface area contributed by atoms with Crippen LogP contribution in [-0.4, -0.2) is 62.6 Å². The van der Waals surface area contributed by atoms with Gasteiger partial charge in [0.05, 0.1) is 30.1 Å². The van der Waals surface area contributed by atoms with E-state index in [2.05, 4.69) is 22.3 Å². The number of rotatable bonds is 12. The minimum atomic E-state index is -1.75. The summed E-state index contributed by atoms with van der Waals surface area (Å²) in [6.45, 7) is 12.6. The lowest BCUT2D eigenvalue weighted by Crippen LogP contribution is -2.39. The zero-order chi connectivity index (χ0) is 32.6. The Labute approximate surface area is 254 Å². The molecule has 43 heavy (non-hydrogen) atoms. The number of ether oxygens (including phenoxy) is 2. The molecule has 7 nitrogen and oxygen atoms in total. The van der Waals surface area contributed by atoms with Gasteiger partial charge in [-0.3, -0.25) is 4.79 Å². The van der Waals surface area contributed by atoms with Crippen LogP contribution in [0.25, 0.3) is 16.6 Å². The molecule has 0 saturated heterocycles. The van der Waals surface area contributed by atoms with E-state index in [1.165, 1.54) is 0 Å². The van der Waals surface area contributed by atoms with Crippen molar-refractivity contribution >= 4 is 22.5 Å². The molecular formula is C33H47F3N4O3. The molecule has 1 aromatic heterocycles. The van der Waals surface area contributed by atoms with E-state index in [1.54, 1.807) is 26.3 Å². The van der Waals surface area contributed by atoms with Crippen LogP contribution >= 0.6 is 0 Å². The fourth-order valence-electron chi connectivity index (χ4n) is 3.71. The first-order valence-electron chi connectivity index (χ1n) is 14.0. The van der Waals surface area contributed by atoms with Gasteiger partial charge in [0.25, 0.3) is 5.91 Å². The lowest BCUT2D eigenvalue weighted by atomic mass is 10.0. The van der Waals surface area contributed by atoms with Crippen LogP contribution in [0.15, 0.2) is 85.1 Å². The number of hydrogen-bond acceptors (Lipinski definition) is 5. The maximum atomic E-state index is 12.7. The van der Waals surface area contributed by atoms with Crippen LogP contribution in [0.3, 0.4) is 0 Å². The van der Waals surface area contributed by atoms with Gasteiger partial charge in [0.15, 0.2) is 6.67 Å². The number of nitrogens with zero attached hydrogens (tertiary/aromatic N) is 2. The fourth-order valence-corrected chi connectivity index (χ4v) is 3.71. The van der Waals surface area contributed by atoms with E-state index in [1.807, 2.05) is 100 Å². The molecule has 0 spiro atoms. The molecule has 0 bridgehead atoms. The summed E-state index contributed by atoms with van der Waals surface area (Å²) in [5.74, 6) is -0.0386. The number of benzene rings is 2. The van der Waals surface area contributed by atoms with Crippen molar-refractivity contribution in [3.63, 3.8) is 0 Å². The van der Waals surface area contributed by atoms with Crippen molar-refractivity contribution in [1.82, 2.24) is 20.4 Å². The van der Waals surface area contributed by atoms with Crippen molar-refractivity contribution in [2.75, 3.05) is 40.9 Å². The van der Waals surface area contributed by atoms with Crippen LogP contribution in [-0.2, 0) is 9.53 Å². The molecule has 0 aliphatic heterocycles. The highest BCUT2D eigenvalue weighted by Crippen LogP contribution is 2.29. The van der Waals surface area contributed by atoms with Gasteiger partial charge in [-0.15, -0.1) is 0 Å². The number of fused-ring (bicyclic) bond motifs is 1. The molecule has 1 amide bonds. The Bertz CT molecular complexity index is 1240. The van der Waals surface area contributed by atoms with Gasteiger partial charge < -0.3 is 20.1 Å². The van der Waals surface area contributed by atoms with Crippen molar-refractivity contribution < 1.29 is 27.4 Å². The highest BCUT2D eigenvalue weighted by molar-refractivity contribution is 5.84. The second kappa shape index (κ2) is 23.6. The number of amides is 1. The van der Waals surface area contributed by atoms with E-state index in [9.17, 15) is 18.0 Å². The average Bonchev–Trinajstić information content (AvgIpc) is 3.43. The SMILES string of the molecule is C=C/C=C(\C=C(C)C)n1ncc2cc(O[C@H](c3ccccc3)[C@H](C)NC(=O)CF)ccc21.CC.CNCCOC.FCF. The van der Waals surface area contributed by atoms with Gasteiger partial charge in [-0.2, -0.15) is 5.10 Å². The Balaban J connectivity index is 0.00000139. The van der Waals surface area contributed by atoms with E-state index in [4.69, 9.17) is 9.47 Å². The third kappa shape index (κ3) is 14.7. The summed E-state index contributed by atoms with van der Waals surface area (Å²) in [7, 11) is 3.59. The van der Waals surface area contributed by atoms with Crippen LogP contribution in [0.2, 0.25) is 0 Å². The molecule has 10 heteroatoms. The number of methoxy groups -OCH3 is 1. The van der Waals surface area contributed by atoms with Crippen molar-refractivity contribution in [1.29, 1.82) is 0 Å². The Morgan fingerprint density at radius 2 is 1.77 bits per heavy atom. The normalized spacial score (nSPS) is 11.7. The van der Waals surface area contributed by atoms with E-state index in [0.29, 0.717) is 5.75 Å². The molecule has 2 atom stereocenters. The first-order chi connectivity index (χ1) is 20.8. The van der Waals surface area contributed by atoms with Crippen LogP contribution < -0.4 is 15.4 Å². The standard InChI is InChI=1S/C26H28FN3O2.C4H11NO.C2H6.CH2F2/c1-5-9-22(14-18(2)3)30-24-13-12-23(15-21(24)17-28-30)32-26(19(4)29-25(31)16-27)20-10-7-6-8-11-20;1-5-3-4-6-2;1-2;2-1-3/h5-15,17,19,26H,1,16H2,2-4H3,(H,29,31);5H,3-4H2,1-2H3;1-2H3;1H2/b22-9+;;;/t19-,26-;;;/m0.../s1. The van der Waals surface area contributed by atoms with Crippen molar-refractivity contribution in [2.45, 2.75) is 46.8 Å². The summed E-state index contributed by atoms with van der Waals surface area (Å²) in [5.41, 5.74) is 3.87. The number of carbonyl (C=O) groups is 1. The zero-order valence-electron chi connectivity index (χ0n) is 26.4. The second-order valence-corrected chi connectivity index (χ2v) is 8.96. The zero-order valence-corrected chi connectivity index (χ0v) is 26.4. The van der Waals surface area contributed by atoms with Gasteiger partial charge in [-0.1, -0.05) is 62.4 Å². The predicted octanol–water partition coefficient (Wildman–Crippen LogP) is 7.39. The van der Waals surface area contributed by atoms with E-state index in [0.717, 1.165) is 40.9 Å². The van der Waals surface area contributed by atoms with Crippen molar-refractivity contribution in [2.24, 2.45) is 0 Å². The lowest BCUT2D eigenvalue weighted by molar-refractivity contribution is -0.123. The summed E-state index contributed by atoms with van der Waals surface area (Å²) >= 11 is 0. The monoisotopic (exact) mass is 604 g/mol. The van der Waals surface area contributed by atoms with Gasteiger partial charge >= 0.3 is 0 Å². The van der Waals surface area contributed by atoms with Gasteiger partial charge in [0.1, 0.15) is 11.9 Å². The fraction of sp³-hybridized carbons (Fsp3) is 0.394. The molecule has 0 radical (unpaired) electrons. The summed E-state index contributed by atoms with van der Waals surface area (Å²) in [6, 6.07) is 14.8. The van der Waals surface area contributed by atoms with Crippen molar-refractivity contribution in [3.05, 3.63) is 90.7 Å². The molecule has 2 N–H and O–H groups in total. The van der Waals surface area contributed by atoms with Crippen LogP contribution in [0, 0.1) is 0 Å². The van der Waals surface area contributed by atoms with E-state index in [-0.39, 0.29) is 0 Å². The smallest absolute Gasteiger partial charge is 0.251 e. The number of allylic oxidation sites excluding steroid dienone is 5. The summed E-state index contributed by atoms with van der Waals surface area (Å²) in [5, 5.41) is 11.0. The molecule has 0 unspecified atom stereocenters. The maximum absolute atomic E-state index is 12.7. The first-order valence-corrected chi connectivity index (χ1v) is 14.0. The molecule has 0 aliphatic rings. The number of likely N-dealkylation sites (N-methyl/N-ethyl adjacent to an activating group) is 1. The molecule has 2 aromatic carbocycles. The number of alkyl halides is 3. The molecule has 238 valence electrons. The molecule has 1 heterocycles. The van der Waals surface area contributed by atoms with Crippen LogP contribution in [0.4, 0.5) is 13.2 Å². The minimum absolute atomic E-state index is 0.432. The number of aromatic nitrogens is 2. The predicted molar refractivity (Wildman–Crippen MR) is 171 cm³/mol. The third-order valence-corrected chi connectivity index (χ3v) is 5.42. The molecule has 3 aromatic rings. The lowest BCUT2D eigenvalue weighted by Gasteiger charge is -2.26. The van der Waals surface area contributed by atoms with Crippen LogP contribution in [0.5, 0.6) is 5.75 Å². The minimum Gasteiger partial charge on any atom is -0.484 e. The largest absolute Gasteiger partial charge is 0.484 e. The van der Waals surface area contributed by atoms with Gasteiger partial charge in [0, 0.05) is 19.0 Å². The molecule has 0 aliphatic carbocycles. The molecule has 0 saturated carbocycles. The Morgan fingerprint density at radius 1 is 1.12 bits per heavy atom. The number of nitrogens with one attached hydrogen (secondary N) is 2. The molecule has 0 fully saturated rings. The number of halogens is 3. The number of hydrogen-bond donors (Lipinski definition) is 2. The highest BCUT2D eigenvalue weighted by atomic mass is 19.3.